The molecule has 2 aromatic carbocycles. The molecule has 0 saturated heterocycles. The molecule has 0 aliphatic carbocycles. The molecule has 0 radical (unpaired) electrons. The van der Waals surface area contributed by atoms with Crippen LogP contribution in [0.4, 0.5) is 5.13 Å². The Hall–Kier alpha value is -3.13. The smallest absolute Gasteiger partial charge is 0.344 e. The van der Waals surface area contributed by atoms with Gasteiger partial charge >= 0.3 is 5.97 Å². The molecule has 0 atom stereocenters. The second-order valence-corrected chi connectivity index (χ2v) is 6.69. The number of carbonyl (C=O) groups is 2. The van der Waals surface area contributed by atoms with E-state index in [0.717, 1.165) is 15.8 Å². The number of hydrogen-bond acceptors (Lipinski definition) is 7. The standard InChI is InChI=1S/C19H18N2O5S/c1-12-3-8-15-16(9-12)27-19(20-15)21-17(22)10-26-18(23)11-25-14-6-4-13(24-2)5-7-14/h3-9H,10-11H2,1-2H3,(H,20,21,22). The first-order valence-electron chi connectivity index (χ1n) is 8.13. The highest BCUT2D eigenvalue weighted by atomic mass is 32.1. The highest BCUT2D eigenvalue weighted by molar-refractivity contribution is 7.22. The zero-order valence-electron chi connectivity index (χ0n) is 14.9. The van der Waals surface area contributed by atoms with Crippen LogP contribution in [-0.4, -0.2) is 37.2 Å². The van der Waals surface area contributed by atoms with Crippen molar-refractivity contribution < 1.29 is 23.8 Å². The Labute approximate surface area is 159 Å². The van der Waals surface area contributed by atoms with E-state index in [1.807, 2.05) is 25.1 Å². The second-order valence-electron chi connectivity index (χ2n) is 5.66. The number of aryl methyl sites for hydroxylation is 1. The molecule has 0 fully saturated rings. The number of carbonyl (C=O) groups excluding carboxylic acids is 2. The SMILES string of the molecule is COc1ccc(OCC(=O)OCC(=O)Nc2nc3ccc(C)cc3s2)cc1. The Morgan fingerprint density at radius 3 is 2.56 bits per heavy atom. The molecule has 0 aliphatic heterocycles. The third-order valence-electron chi connectivity index (χ3n) is 3.57. The third-order valence-corrected chi connectivity index (χ3v) is 4.50. The normalized spacial score (nSPS) is 10.4. The summed E-state index contributed by atoms with van der Waals surface area (Å²) in [5.74, 6) is 0.0954. The van der Waals surface area contributed by atoms with Gasteiger partial charge in [0.15, 0.2) is 18.3 Å². The monoisotopic (exact) mass is 386 g/mol. The molecule has 0 aliphatic rings. The van der Waals surface area contributed by atoms with Crippen molar-refractivity contribution in [3.8, 4) is 11.5 Å². The Bertz CT molecular complexity index is 952. The summed E-state index contributed by atoms with van der Waals surface area (Å²) in [5, 5.41) is 3.09. The number of hydrogen-bond donors (Lipinski definition) is 1. The van der Waals surface area contributed by atoms with Gasteiger partial charge in [-0.2, -0.15) is 0 Å². The van der Waals surface area contributed by atoms with E-state index in [0.29, 0.717) is 16.6 Å². The lowest BCUT2D eigenvalue weighted by Gasteiger charge is -2.07. The molecule has 0 unspecified atom stereocenters. The number of fused-ring (bicyclic) bond motifs is 1. The molecule has 0 bridgehead atoms. The molecule has 1 N–H and O–H groups in total. The van der Waals surface area contributed by atoms with E-state index in [4.69, 9.17) is 14.2 Å². The van der Waals surface area contributed by atoms with Crippen LogP contribution in [0.2, 0.25) is 0 Å². The van der Waals surface area contributed by atoms with Crippen molar-refractivity contribution in [3.63, 3.8) is 0 Å². The average Bonchev–Trinajstić information content (AvgIpc) is 3.06. The molecule has 1 amide bonds. The van der Waals surface area contributed by atoms with Gasteiger partial charge in [-0.15, -0.1) is 0 Å². The summed E-state index contributed by atoms with van der Waals surface area (Å²) in [7, 11) is 1.56. The first-order chi connectivity index (χ1) is 13.0. The molecule has 1 heterocycles. The first kappa shape index (κ1) is 18.7. The van der Waals surface area contributed by atoms with Crippen molar-refractivity contribution in [1.29, 1.82) is 0 Å². The summed E-state index contributed by atoms with van der Waals surface area (Å²) in [4.78, 5) is 28.0. The van der Waals surface area contributed by atoms with Gasteiger partial charge < -0.3 is 14.2 Å². The van der Waals surface area contributed by atoms with E-state index in [2.05, 4.69) is 10.3 Å². The van der Waals surface area contributed by atoms with Crippen molar-refractivity contribution in [2.75, 3.05) is 25.6 Å². The van der Waals surface area contributed by atoms with Crippen LogP contribution in [0.3, 0.4) is 0 Å². The molecule has 0 spiro atoms. The maximum Gasteiger partial charge on any atom is 0.344 e. The Balaban J connectivity index is 1.44. The number of nitrogens with one attached hydrogen (secondary N) is 1. The average molecular weight is 386 g/mol. The molecule has 1 aromatic heterocycles. The fraction of sp³-hybridized carbons (Fsp3) is 0.211. The molecule has 3 aromatic rings. The highest BCUT2D eigenvalue weighted by Gasteiger charge is 2.11. The molecular formula is C19H18N2O5S. The number of amides is 1. The molecule has 3 rings (SSSR count). The molecule has 0 saturated carbocycles. The third kappa shape index (κ3) is 5.18. The zero-order valence-corrected chi connectivity index (χ0v) is 15.7. The van der Waals surface area contributed by atoms with Gasteiger partial charge in [-0.3, -0.25) is 10.1 Å². The van der Waals surface area contributed by atoms with Gasteiger partial charge in [0.25, 0.3) is 5.91 Å². The number of aromatic nitrogens is 1. The fourth-order valence-electron chi connectivity index (χ4n) is 2.24. The quantitative estimate of drug-likeness (QED) is 0.628. The number of thiazole rings is 1. The van der Waals surface area contributed by atoms with E-state index >= 15 is 0 Å². The van der Waals surface area contributed by atoms with Crippen LogP contribution in [0.1, 0.15) is 5.56 Å². The number of benzene rings is 2. The lowest BCUT2D eigenvalue weighted by molar-refractivity contribution is -0.149. The van der Waals surface area contributed by atoms with E-state index in [-0.39, 0.29) is 6.61 Å². The summed E-state index contributed by atoms with van der Waals surface area (Å²) in [5.41, 5.74) is 1.93. The van der Waals surface area contributed by atoms with Gasteiger partial charge in [0.2, 0.25) is 0 Å². The summed E-state index contributed by atoms with van der Waals surface area (Å²) in [6, 6.07) is 12.6. The van der Waals surface area contributed by atoms with Crippen LogP contribution in [0, 0.1) is 6.92 Å². The molecule has 7 nitrogen and oxygen atoms in total. The summed E-state index contributed by atoms with van der Waals surface area (Å²) in [6.45, 7) is 1.30. The highest BCUT2D eigenvalue weighted by Crippen LogP contribution is 2.26. The van der Waals surface area contributed by atoms with E-state index in [1.54, 1.807) is 31.4 Å². The van der Waals surface area contributed by atoms with Crippen LogP contribution in [0.15, 0.2) is 42.5 Å². The first-order valence-corrected chi connectivity index (χ1v) is 8.94. The van der Waals surface area contributed by atoms with Gasteiger partial charge in [0, 0.05) is 0 Å². The number of methoxy groups -OCH3 is 1. The maximum absolute atomic E-state index is 11.9. The van der Waals surface area contributed by atoms with Crippen LogP contribution in [0.5, 0.6) is 11.5 Å². The summed E-state index contributed by atoms with van der Waals surface area (Å²) in [6.07, 6.45) is 0. The molecule has 27 heavy (non-hydrogen) atoms. The molecular weight excluding hydrogens is 368 g/mol. The van der Waals surface area contributed by atoms with Gasteiger partial charge in [-0.25, -0.2) is 9.78 Å². The zero-order chi connectivity index (χ0) is 19.2. The maximum atomic E-state index is 11.9. The molecule has 140 valence electrons. The predicted molar refractivity (Wildman–Crippen MR) is 102 cm³/mol. The van der Waals surface area contributed by atoms with Crippen LogP contribution in [-0.2, 0) is 14.3 Å². The largest absolute Gasteiger partial charge is 0.497 e. The van der Waals surface area contributed by atoms with Crippen molar-refractivity contribution in [3.05, 3.63) is 48.0 Å². The number of ether oxygens (including phenoxy) is 3. The number of esters is 1. The molecule has 8 heteroatoms. The topological polar surface area (TPSA) is 86.8 Å². The van der Waals surface area contributed by atoms with Gasteiger partial charge in [0.05, 0.1) is 17.3 Å². The van der Waals surface area contributed by atoms with E-state index in [9.17, 15) is 9.59 Å². The Kier molecular flexibility index (Phi) is 5.87. The minimum Gasteiger partial charge on any atom is -0.497 e. The summed E-state index contributed by atoms with van der Waals surface area (Å²) < 4.78 is 16.2. The second kappa shape index (κ2) is 8.50. The predicted octanol–water partition coefficient (Wildman–Crippen LogP) is 3.17. The Morgan fingerprint density at radius 2 is 1.81 bits per heavy atom. The van der Waals surface area contributed by atoms with E-state index in [1.165, 1.54) is 11.3 Å². The van der Waals surface area contributed by atoms with Crippen LogP contribution >= 0.6 is 11.3 Å². The number of nitrogens with zero attached hydrogens (tertiary/aromatic N) is 1. The lowest BCUT2D eigenvalue weighted by atomic mass is 10.2. The Morgan fingerprint density at radius 1 is 1.07 bits per heavy atom. The van der Waals surface area contributed by atoms with Crippen molar-refractivity contribution in [2.24, 2.45) is 0 Å². The van der Waals surface area contributed by atoms with Gasteiger partial charge in [-0.05, 0) is 48.9 Å². The minimum atomic E-state index is -0.638. The van der Waals surface area contributed by atoms with Crippen molar-refractivity contribution in [2.45, 2.75) is 6.92 Å². The van der Waals surface area contributed by atoms with Gasteiger partial charge in [-0.1, -0.05) is 17.4 Å². The fourth-order valence-corrected chi connectivity index (χ4v) is 3.22. The van der Waals surface area contributed by atoms with Crippen molar-refractivity contribution in [1.82, 2.24) is 4.98 Å². The van der Waals surface area contributed by atoms with E-state index < -0.39 is 18.5 Å². The number of anilines is 1. The summed E-state index contributed by atoms with van der Waals surface area (Å²) >= 11 is 1.37. The lowest BCUT2D eigenvalue weighted by Crippen LogP contribution is -2.23. The number of rotatable bonds is 7. The van der Waals surface area contributed by atoms with Crippen LogP contribution in [0.25, 0.3) is 10.2 Å². The van der Waals surface area contributed by atoms with Crippen molar-refractivity contribution >= 4 is 38.6 Å². The van der Waals surface area contributed by atoms with Gasteiger partial charge in [0.1, 0.15) is 11.5 Å². The minimum absolute atomic E-state index is 0.292. The van der Waals surface area contributed by atoms with Crippen LogP contribution < -0.4 is 14.8 Å².